The first-order chi connectivity index (χ1) is 4.86. The Morgan fingerprint density at radius 3 is 3.00 bits per heavy atom. The summed E-state index contributed by atoms with van der Waals surface area (Å²) in [6.07, 6.45) is 4.46. The average molecular weight is 178 g/mol. The van der Waals surface area contributed by atoms with E-state index in [1.54, 1.807) is 0 Å². The van der Waals surface area contributed by atoms with E-state index in [4.69, 9.17) is 4.74 Å². The zero-order chi connectivity index (χ0) is 6.97. The average Bonchev–Trinajstić information content (AvgIpc) is 2.33. The minimum atomic E-state index is 0. The summed E-state index contributed by atoms with van der Waals surface area (Å²) in [5, 5.41) is 3.55. The van der Waals surface area contributed by atoms with E-state index in [0.717, 1.165) is 6.61 Å². The van der Waals surface area contributed by atoms with Gasteiger partial charge in [0.2, 0.25) is 0 Å². The normalized spacial score (nSPS) is 42.8. The van der Waals surface area contributed by atoms with E-state index in [-0.39, 0.29) is 12.4 Å². The third-order valence-corrected chi connectivity index (χ3v) is 2.51. The first kappa shape index (κ1) is 9.30. The monoisotopic (exact) mass is 177 g/mol. The lowest BCUT2D eigenvalue weighted by Gasteiger charge is -2.31. The highest BCUT2D eigenvalue weighted by Crippen LogP contribution is 2.25. The molecule has 2 nitrogen and oxygen atoms in total. The second-order valence-electron chi connectivity index (χ2n) is 3.48. The smallest absolute Gasteiger partial charge is 0.0728 e. The van der Waals surface area contributed by atoms with Gasteiger partial charge in [-0.1, -0.05) is 0 Å². The van der Waals surface area contributed by atoms with Crippen molar-refractivity contribution in [2.75, 3.05) is 6.61 Å². The van der Waals surface area contributed by atoms with Crippen LogP contribution in [0, 0.1) is 0 Å². The molecule has 0 aromatic heterocycles. The van der Waals surface area contributed by atoms with Crippen LogP contribution in [0.3, 0.4) is 0 Å². The highest BCUT2D eigenvalue weighted by molar-refractivity contribution is 5.85. The summed E-state index contributed by atoms with van der Waals surface area (Å²) in [6.45, 7) is 3.09. The molecular formula is C8H16ClNO. The van der Waals surface area contributed by atoms with E-state index in [0.29, 0.717) is 18.2 Å². The van der Waals surface area contributed by atoms with Gasteiger partial charge in [-0.2, -0.15) is 0 Å². The van der Waals surface area contributed by atoms with E-state index in [2.05, 4.69) is 12.2 Å². The number of morpholine rings is 1. The first-order valence-corrected chi connectivity index (χ1v) is 4.24. The van der Waals surface area contributed by atoms with Crippen LogP contribution in [0.1, 0.15) is 26.2 Å². The second-order valence-corrected chi connectivity index (χ2v) is 3.48. The molecule has 66 valence electrons. The number of ether oxygens (including phenoxy) is 1. The van der Waals surface area contributed by atoms with Gasteiger partial charge >= 0.3 is 0 Å². The summed E-state index contributed by atoms with van der Waals surface area (Å²) < 4.78 is 5.65. The molecule has 1 N–H and O–H groups in total. The summed E-state index contributed by atoms with van der Waals surface area (Å²) in [7, 11) is 0. The number of fused-ring (bicyclic) bond motifs is 1. The van der Waals surface area contributed by atoms with Gasteiger partial charge in [-0.05, 0) is 26.2 Å². The fraction of sp³-hybridized carbons (Fsp3) is 1.00. The summed E-state index contributed by atoms with van der Waals surface area (Å²) in [6, 6.07) is 1.24. The van der Waals surface area contributed by atoms with Crippen LogP contribution in [-0.4, -0.2) is 24.8 Å². The number of nitrogens with one attached hydrogen (secondary N) is 1. The maximum atomic E-state index is 5.65. The van der Waals surface area contributed by atoms with Crippen molar-refractivity contribution in [1.82, 2.24) is 5.32 Å². The lowest BCUT2D eigenvalue weighted by atomic mass is 10.1. The van der Waals surface area contributed by atoms with Gasteiger partial charge in [0.05, 0.1) is 12.7 Å². The van der Waals surface area contributed by atoms with Crippen molar-refractivity contribution in [2.45, 2.75) is 44.4 Å². The Balaban J connectivity index is 0.000000605. The SMILES string of the molecule is CC1COC2CCCC2N1.Cl. The van der Waals surface area contributed by atoms with Gasteiger partial charge in [0.15, 0.2) is 0 Å². The van der Waals surface area contributed by atoms with Crippen LogP contribution in [0.2, 0.25) is 0 Å². The maximum Gasteiger partial charge on any atom is 0.0728 e. The molecule has 0 spiro atoms. The highest BCUT2D eigenvalue weighted by atomic mass is 35.5. The zero-order valence-corrected chi connectivity index (χ0v) is 7.69. The van der Waals surface area contributed by atoms with Crippen molar-refractivity contribution in [3.63, 3.8) is 0 Å². The topological polar surface area (TPSA) is 21.3 Å². The van der Waals surface area contributed by atoms with Crippen LogP contribution in [-0.2, 0) is 4.74 Å². The molecule has 1 saturated carbocycles. The number of halogens is 1. The lowest BCUT2D eigenvalue weighted by molar-refractivity contribution is -0.00939. The van der Waals surface area contributed by atoms with E-state index >= 15 is 0 Å². The molecular weight excluding hydrogens is 162 g/mol. The van der Waals surface area contributed by atoms with Gasteiger partial charge in [0, 0.05) is 12.1 Å². The predicted octanol–water partition coefficient (Wildman–Crippen LogP) is 1.34. The molecule has 2 rings (SSSR count). The summed E-state index contributed by atoms with van der Waals surface area (Å²) >= 11 is 0. The zero-order valence-electron chi connectivity index (χ0n) is 6.88. The molecule has 0 amide bonds. The molecule has 3 atom stereocenters. The van der Waals surface area contributed by atoms with Crippen LogP contribution in [0.25, 0.3) is 0 Å². The van der Waals surface area contributed by atoms with E-state index < -0.39 is 0 Å². The Morgan fingerprint density at radius 1 is 1.36 bits per heavy atom. The van der Waals surface area contributed by atoms with Crippen molar-refractivity contribution in [1.29, 1.82) is 0 Å². The summed E-state index contributed by atoms with van der Waals surface area (Å²) in [5.41, 5.74) is 0. The van der Waals surface area contributed by atoms with Crippen molar-refractivity contribution in [3.8, 4) is 0 Å². The Morgan fingerprint density at radius 2 is 2.18 bits per heavy atom. The molecule has 11 heavy (non-hydrogen) atoms. The molecule has 3 unspecified atom stereocenters. The maximum absolute atomic E-state index is 5.65. The van der Waals surface area contributed by atoms with E-state index in [1.165, 1.54) is 19.3 Å². The molecule has 0 radical (unpaired) electrons. The molecule has 3 heteroatoms. The largest absolute Gasteiger partial charge is 0.375 e. The third-order valence-electron chi connectivity index (χ3n) is 2.51. The third kappa shape index (κ3) is 1.86. The molecule has 2 aliphatic rings. The Kier molecular flexibility index (Phi) is 3.16. The molecule has 0 aromatic carbocycles. The number of hydrogen-bond donors (Lipinski definition) is 1. The van der Waals surface area contributed by atoms with Crippen molar-refractivity contribution in [3.05, 3.63) is 0 Å². The lowest BCUT2D eigenvalue weighted by Crippen LogP contribution is -2.50. The van der Waals surface area contributed by atoms with Gasteiger partial charge in [0.25, 0.3) is 0 Å². The van der Waals surface area contributed by atoms with Crippen molar-refractivity contribution >= 4 is 12.4 Å². The Bertz CT molecular complexity index is 131. The van der Waals surface area contributed by atoms with Crippen LogP contribution < -0.4 is 5.32 Å². The van der Waals surface area contributed by atoms with Crippen LogP contribution in [0.5, 0.6) is 0 Å². The number of hydrogen-bond acceptors (Lipinski definition) is 2. The molecule has 1 aliphatic heterocycles. The van der Waals surface area contributed by atoms with Gasteiger partial charge in [-0.15, -0.1) is 12.4 Å². The second kappa shape index (κ2) is 3.74. The van der Waals surface area contributed by atoms with Crippen LogP contribution in [0.4, 0.5) is 0 Å². The minimum absolute atomic E-state index is 0. The van der Waals surface area contributed by atoms with E-state index in [9.17, 15) is 0 Å². The molecule has 1 aliphatic carbocycles. The summed E-state index contributed by atoms with van der Waals surface area (Å²) in [5.74, 6) is 0. The van der Waals surface area contributed by atoms with Gasteiger partial charge in [0.1, 0.15) is 0 Å². The quantitative estimate of drug-likeness (QED) is 0.603. The van der Waals surface area contributed by atoms with Crippen LogP contribution >= 0.6 is 12.4 Å². The fourth-order valence-electron chi connectivity index (χ4n) is 2.00. The van der Waals surface area contributed by atoms with Gasteiger partial charge < -0.3 is 10.1 Å². The highest BCUT2D eigenvalue weighted by Gasteiger charge is 2.32. The molecule has 2 fully saturated rings. The van der Waals surface area contributed by atoms with E-state index in [1.807, 2.05) is 0 Å². The van der Waals surface area contributed by atoms with Crippen molar-refractivity contribution in [2.24, 2.45) is 0 Å². The molecule has 0 bridgehead atoms. The first-order valence-electron chi connectivity index (χ1n) is 4.24. The molecule has 1 saturated heterocycles. The van der Waals surface area contributed by atoms with Gasteiger partial charge in [-0.25, -0.2) is 0 Å². The fourth-order valence-corrected chi connectivity index (χ4v) is 2.00. The number of rotatable bonds is 0. The summed E-state index contributed by atoms with van der Waals surface area (Å²) in [4.78, 5) is 0. The molecule has 0 aromatic rings. The minimum Gasteiger partial charge on any atom is -0.375 e. The predicted molar refractivity (Wildman–Crippen MR) is 47.2 cm³/mol. The Labute approximate surface area is 74.1 Å². The van der Waals surface area contributed by atoms with Gasteiger partial charge in [-0.3, -0.25) is 0 Å². The Hall–Kier alpha value is 0.210. The van der Waals surface area contributed by atoms with Crippen molar-refractivity contribution < 1.29 is 4.74 Å². The molecule has 1 heterocycles. The standard InChI is InChI=1S/C8H15NO.ClH/c1-6-5-10-8-4-2-3-7(8)9-6;/h6-9H,2-5H2,1H3;1H. The van der Waals surface area contributed by atoms with Crippen LogP contribution in [0.15, 0.2) is 0 Å².